The Balaban J connectivity index is 1.87. The summed E-state index contributed by atoms with van der Waals surface area (Å²) in [6.07, 6.45) is 7.14. The van der Waals surface area contributed by atoms with Crippen molar-refractivity contribution in [2.75, 3.05) is 32.8 Å². The van der Waals surface area contributed by atoms with Crippen LogP contribution in [0, 0.1) is 17.3 Å². The van der Waals surface area contributed by atoms with Gasteiger partial charge >= 0.3 is 0 Å². The zero-order valence-electron chi connectivity index (χ0n) is 11.8. The third-order valence-corrected chi connectivity index (χ3v) is 4.99. The van der Waals surface area contributed by atoms with Crippen LogP contribution in [0.15, 0.2) is 0 Å². The molecule has 3 nitrogen and oxygen atoms in total. The second-order valence-electron chi connectivity index (χ2n) is 6.76. The fraction of sp³-hybridized carbons (Fsp3) is 1.00. The van der Waals surface area contributed by atoms with Crippen molar-refractivity contribution in [1.29, 1.82) is 0 Å². The van der Waals surface area contributed by atoms with E-state index < -0.39 is 0 Å². The van der Waals surface area contributed by atoms with Crippen LogP contribution in [0.5, 0.6) is 0 Å². The summed E-state index contributed by atoms with van der Waals surface area (Å²) in [5, 5.41) is 18.8. The van der Waals surface area contributed by atoms with Gasteiger partial charge in [-0.25, -0.2) is 0 Å². The highest BCUT2D eigenvalue weighted by molar-refractivity contribution is 4.89. The van der Waals surface area contributed by atoms with Gasteiger partial charge in [-0.2, -0.15) is 0 Å². The fourth-order valence-corrected chi connectivity index (χ4v) is 4.06. The molecule has 0 bridgehead atoms. The highest BCUT2D eigenvalue weighted by atomic mass is 16.3. The molecule has 2 N–H and O–H groups in total. The summed E-state index contributed by atoms with van der Waals surface area (Å²) in [5.74, 6) is 1.44. The first-order valence-corrected chi connectivity index (χ1v) is 7.61. The van der Waals surface area contributed by atoms with Gasteiger partial charge in [-0.05, 0) is 44.1 Å². The van der Waals surface area contributed by atoms with Crippen LogP contribution < -0.4 is 0 Å². The molecule has 2 fully saturated rings. The van der Waals surface area contributed by atoms with Crippen molar-refractivity contribution >= 4 is 0 Å². The molecule has 3 atom stereocenters. The number of rotatable bonds is 5. The average molecular weight is 255 g/mol. The van der Waals surface area contributed by atoms with Gasteiger partial charge in [-0.1, -0.05) is 19.8 Å². The van der Waals surface area contributed by atoms with Crippen LogP contribution in [0.25, 0.3) is 0 Å². The Morgan fingerprint density at radius 2 is 2.11 bits per heavy atom. The summed E-state index contributed by atoms with van der Waals surface area (Å²) in [5.41, 5.74) is 0.159. The van der Waals surface area contributed by atoms with E-state index in [4.69, 9.17) is 5.11 Å². The maximum atomic E-state index is 9.82. The smallest absolute Gasteiger partial charge is 0.0499 e. The number of nitrogens with zero attached hydrogens (tertiary/aromatic N) is 1. The molecule has 2 rings (SSSR count). The van der Waals surface area contributed by atoms with Gasteiger partial charge in [-0.15, -0.1) is 0 Å². The molecule has 1 saturated carbocycles. The van der Waals surface area contributed by atoms with E-state index in [1.54, 1.807) is 0 Å². The zero-order chi connectivity index (χ0) is 13.0. The predicted octanol–water partition coefficient (Wildman–Crippen LogP) is 1.88. The second kappa shape index (κ2) is 6.36. The van der Waals surface area contributed by atoms with E-state index in [2.05, 4.69) is 11.8 Å². The van der Waals surface area contributed by atoms with Crippen molar-refractivity contribution in [3.05, 3.63) is 0 Å². The number of hydrogen-bond donors (Lipinski definition) is 2. The van der Waals surface area contributed by atoms with E-state index >= 15 is 0 Å². The minimum absolute atomic E-state index is 0.159. The van der Waals surface area contributed by atoms with E-state index in [9.17, 15) is 5.11 Å². The van der Waals surface area contributed by atoms with Crippen molar-refractivity contribution < 1.29 is 10.2 Å². The second-order valence-corrected chi connectivity index (χ2v) is 6.76. The molecule has 0 aromatic carbocycles. The molecule has 0 aromatic heterocycles. The molecule has 0 amide bonds. The van der Waals surface area contributed by atoms with E-state index in [-0.39, 0.29) is 5.41 Å². The Kier molecular flexibility index (Phi) is 5.05. The average Bonchev–Trinajstić information content (AvgIpc) is 2.77. The van der Waals surface area contributed by atoms with Crippen LogP contribution in [0.1, 0.15) is 45.4 Å². The summed E-state index contributed by atoms with van der Waals surface area (Å²) in [6, 6.07) is 0. The van der Waals surface area contributed by atoms with Crippen molar-refractivity contribution in [3.63, 3.8) is 0 Å². The Hall–Kier alpha value is -0.120. The Labute approximate surface area is 111 Å². The molecule has 106 valence electrons. The maximum Gasteiger partial charge on any atom is 0.0499 e. The summed E-state index contributed by atoms with van der Waals surface area (Å²) >= 11 is 0. The summed E-state index contributed by atoms with van der Waals surface area (Å²) in [4.78, 5) is 2.52. The highest BCUT2D eigenvalue weighted by Gasteiger charge is 2.37. The van der Waals surface area contributed by atoms with Gasteiger partial charge in [0.25, 0.3) is 0 Å². The first-order valence-electron chi connectivity index (χ1n) is 7.61. The first kappa shape index (κ1) is 14.3. The first-order chi connectivity index (χ1) is 8.67. The van der Waals surface area contributed by atoms with Gasteiger partial charge in [0.15, 0.2) is 0 Å². The molecule has 1 aliphatic heterocycles. The largest absolute Gasteiger partial charge is 0.396 e. The van der Waals surface area contributed by atoms with E-state index in [1.165, 1.54) is 32.1 Å². The third kappa shape index (κ3) is 3.46. The third-order valence-electron chi connectivity index (χ3n) is 4.99. The van der Waals surface area contributed by atoms with Crippen molar-refractivity contribution in [1.82, 2.24) is 4.90 Å². The predicted molar refractivity (Wildman–Crippen MR) is 73.4 cm³/mol. The number of aliphatic hydroxyl groups excluding tert-OH is 2. The maximum absolute atomic E-state index is 9.82. The van der Waals surface area contributed by atoms with Crippen molar-refractivity contribution in [2.45, 2.75) is 45.4 Å². The van der Waals surface area contributed by atoms with Crippen molar-refractivity contribution in [2.24, 2.45) is 17.3 Å². The molecule has 1 saturated heterocycles. The molecular formula is C15H29NO2. The molecule has 1 heterocycles. The van der Waals surface area contributed by atoms with Crippen LogP contribution in [0.2, 0.25) is 0 Å². The molecule has 0 aromatic rings. The van der Waals surface area contributed by atoms with Crippen LogP contribution >= 0.6 is 0 Å². The normalized spacial score (nSPS) is 38.2. The van der Waals surface area contributed by atoms with E-state index in [1.807, 2.05) is 0 Å². The minimum Gasteiger partial charge on any atom is -0.396 e. The van der Waals surface area contributed by atoms with Crippen molar-refractivity contribution in [3.8, 4) is 0 Å². The number of hydrogen-bond acceptors (Lipinski definition) is 3. The molecule has 3 unspecified atom stereocenters. The molecule has 18 heavy (non-hydrogen) atoms. The Bertz CT molecular complexity index is 259. The lowest BCUT2D eigenvalue weighted by Gasteiger charge is -2.41. The number of likely N-dealkylation sites (tertiary alicyclic amines) is 1. The van der Waals surface area contributed by atoms with Gasteiger partial charge in [-0.3, -0.25) is 0 Å². The quantitative estimate of drug-likeness (QED) is 0.788. The number of aliphatic hydroxyl groups is 2. The topological polar surface area (TPSA) is 43.7 Å². The van der Waals surface area contributed by atoms with Gasteiger partial charge < -0.3 is 15.1 Å². The van der Waals surface area contributed by atoms with E-state index in [0.717, 1.165) is 32.0 Å². The minimum atomic E-state index is 0.159. The van der Waals surface area contributed by atoms with Gasteiger partial charge in [0.1, 0.15) is 0 Å². The lowest BCUT2D eigenvalue weighted by Crippen LogP contribution is -2.42. The van der Waals surface area contributed by atoms with Gasteiger partial charge in [0.2, 0.25) is 0 Å². The molecule has 3 heteroatoms. The summed E-state index contributed by atoms with van der Waals surface area (Å²) < 4.78 is 0. The fourth-order valence-electron chi connectivity index (χ4n) is 4.06. The molecule has 0 radical (unpaired) electrons. The van der Waals surface area contributed by atoms with E-state index in [0.29, 0.717) is 19.1 Å². The summed E-state index contributed by atoms with van der Waals surface area (Å²) in [6.45, 7) is 6.33. The highest BCUT2D eigenvalue weighted by Crippen LogP contribution is 2.40. The summed E-state index contributed by atoms with van der Waals surface area (Å²) in [7, 11) is 0. The van der Waals surface area contributed by atoms with Gasteiger partial charge in [0.05, 0.1) is 0 Å². The molecule has 2 aliphatic rings. The Morgan fingerprint density at radius 1 is 1.28 bits per heavy atom. The van der Waals surface area contributed by atoms with Gasteiger partial charge in [0, 0.05) is 31.7 Å². The zero-order valence-corrected chi connectivity index (χ0v) is 11.8. The van der Waals surface area contributed by atoms with Crippen LogP contribution in [0.4, 0.5) is 0 Å². The molecule has 0 spiro atoms. The van der Waals surface area contributed by atoms with Crippen LogP contribution in [-0.4, -0.2) is 48.0 Å². The molecule has 1 aliphatic carbocycles. The lowest BCUT2D eigenvalue weighted by molar-refractivity contribution is 0.0291. The SMILES string of the molecule is CC1CCCC(CO)(CN2CCC(CCO)C2)C1. The lowest BCUT2D eigenvalue weighted by atomic mass is 9.70. The standard InChI is InChI=1S/C15H29NO2/c1-13-3-2-6-15(9-13,12-18)11-16-7-4-14(10-16)5-8-17/h13-14,17-18H,2-12H2,1H3. The molecular weight excluding hydrogens is 226 g/mol. The van der Waals surface area contributed by atoms with Crippen LogP contribution in [0.3, 0.4) is 0 Å². The van der Waals surface area contributed by atoms with Crippen LogP contribution in [-0.2, 0) is 0 Å². The monoisotopic (exact) mass is 255 g/mol. The Morgan fingerprint density at radius 3 is 2.78 bits per heavy atom.